The van der Waals surface area contributed by atoms with Gasteiger partial charge in [0.1, 0.15) is 0 Å². The van der Waals surface area contributed by atoms with Crippen LogP contribution >= 0.6 is 0 Å². The summed E-state index contributed by atoms with van der Waals surface area (Å²) >= 11 is 0. The summed E-state index contributed by atoms with van der Waals surface area (Å²) in [6, 6.07) is 1.41. The number of likely N-dealkylation sites (N-methyl/N-ethyl adjacent to an activating group) is 2. The van der Waals surface area contributed by atoms with E-state index in [0.29, 0.717) is 11.5 Å². The van der Waals surface area contributed by atoms with Gasteiger partial charge in [0.05, 0.1) is 0 Å². The Hall–Kier alpha value is -0.120. The van der Waals surface area contributed by atoms with E-state index in [-0.39, 0.29) is 0 Å². The fourth-order valence-electron chi connectivity index (χ4n) is 3.31. The summed E-state index contributed by atoms with van der Waals surface area (Å²) in [5.41, 5.74) is 0.499. The SMILES string of the molecule is CN1CCN(C)C(CNC2CCCC2(C)C)C1. The van der Waals surface area contributed by atoms with Gasteiger partial charge in [-0.2, -0.15) is 0 Å². The summed E-state index contributed by atoms with van der Waals surface area (Å²) < 4.78 is 0. The molecule has 0 radical (unpaired) electrons. The van der Waals surface area contributed by atoms with E-state index < -0.39 is 0 Å². The largest absolute Gasteiger partial charge is 0.312 e. The number of hydrogen-bond donors (Lipinski definition) is 1. The molecule has 0 spiro atoms. The summed E-state index contributed by atoms with van der Waals surface area (Å²) in [4.78, 5) is 4.96. The predicted molar refractivity (Wildman–Crippen MR) is 73.3 cm³/mol. The fourth-order valence-corrected chi connectivity index (χ4v) is 3.31. The smallest absolute Gasteiger partial charge is 0.0345 e. The van der Waals surface area contributed by atoms with Crippen LogP contribution in [0, 0.1) is 5.41 Å². The quantitative estimate of drug-likeness (QED) is 0.803. The average Bonchev–Trinajstić information content (AvgIpc) is 2.59. The van der Waals surface area contributed by atoms with Crippen molar-refractivity contribution in [3.8, 4) is 0 Å². The highest BCUT2D eigenvalue weighted by Crippen LogP contribution is 2.37. The Kier molecular flexibility index (Phi) is 4.11. The van der Waals surface area contributed by atoms with Crippen LogP contribution in [0.4, 0.5) is 0 Å². The molecule has 3 nitrogen and oxygen atoms in total. The van der Waals surface area contributed by atoms with Gasteiger partial charge in [-0.25, -0.2) is 0 Å². The molecule has 1 aliphatic carbocycles. The molecule has 0 bridgehead atoms. The Labute approximate surface area is 107 Å². The number of nitrogens with one attached hydrogen (secondary N) is 1. The molecular weight excluding hydrogens is 210 g/mol. The van der Waals surface area contributed by atoms with Gasteiger partial charge in [0.15, 0.2) is 0 Å². The predicted octanol–water partition coefficient (Wildman–Crippen LogP) is 1.40. The minimum atomic E-state index is 0.499. The van der Waals surface area contributed by atoms with E-state index in [2.05, 4.69) is 43.1 Å². The molecular formula is C14H29N3. The highest BCUT2D eigenvalue weighted by atomic mass is 15.3. The van der Waals surface area contributed by atoms with E-state index in [1.807, 2.05) is 0 Å². The number of piperazine rings is 1. The third-order valence-corrected chi connectivity index (χ3v) is 4.84. The zero-order valence-corrected chi connectivity index (χ0v) is 12.0. The molecule has 3 heteroatoms. The molecule has 1 N–H and O–H groups in total. The maximum Gasteiger partial charge on any atom is 0.0345 e. The van der Waals surface area contributed by atoms with Crippen molar-refractivity contribution < 1.29 is 0 Å². The first kappa shape index (κ1) is 13.3. The van der Waals surface area contributed by atoms with Crippen LogP contribution in [0.15, 0.2) is 0 Å². The minimum Gasteiger partial charge on any atom is -0.312 e. The Morgan fingerprint density at radius 2 is 2.00 bits per heavy atom. The second-order valence-corrected chi connectivity index (χ2v) is 6.74. The normalized spacial score (nSPS) is 35.3. The first-order chi connectivity index (χ1) is 7.99. The van der Waals surface area contributed by atoms with Gasteiger partial charge in [0, 0.05) is 38.3 Å². The lowest BCUT2D eigenvalue weighted by atomic mass is 9.87. The van der Waals surface area contributed by atoms with Crippen LogP contribution in [-0.2, 0) is 0 Å². The van der Waals surface area contributed by atoms with Gasteiger partial charge in [-0.3, -0.25) is 4.90 Å². The Morgan fingerprint density at radius 3 is 2.65 bits per heavy atom. The highest BCUT2D eigenvalue weighted by molar-refractivity contribution is 4.92. The van der Waals surface area contributed by atoms with E-state index >= 15 is 0 Å². The van der Waals surface area contributed by atoms with E-state index in [9.17, 15) is 0 Å². The second-order valence-electron chi connectivity index (χ2n) is 6.74. The molecule has 0 aromatic carbocycles. The van der Waals surface area contributed by atoms with Gasteiger partial charge in [-0.15, -0.1) is 0 Å². The molecule has 0 aromatic heterocycles. The van der Waals surface area contributed by atoms with Crippen molar-refractivity contribution in [3.05, 3.63) is 0 Å². The van der Waals surface area contributed by atoms with Gasteiger partial charge in [-0.05, 0) is 32.4 Å². The third-order valence-electron chi connectivity index (χ3n) is 4.84. The summed E-state index contributed by atoms with van der Waals surface area (Å²) in [6.07, 6.45) is 4.13. The number of nitrogens with zero attached hydrogens (tertiary/aromatic N) is 2. The Morgan fingerprint density at radius 1 is 1.24 bits per heavy atom. The van der Waals surface area contributed by atoms with Crippen molar-refractivity contribution in [2.75, 3.05) is 40.3 Å². The van der Waals surface area contributed by atoms with Crippen LogP contribution in [0.25, 0.3) is 0 Å². The van der Waals surface area contributed by atoms with E-state index in [4.69, 9.17) is 0 Å². The number of rotatable bonds is 3. The molecule has 2 rings (SSSR count). The van der Waals surface area contributed by atoms with Crippen molar-refractivity contribution >= 4 is 0 Å². The van der Waals surface area contributed by atoms with Crippen molar-refractivity contribution in [3.63, 3.8) is 0 Å². The number of hydrogen-bond acceptors (Lipinski definition) is 3. The van der Waals surface area contributed by atoms with Gasteiger partial charge in [-0.1, -0.05) is 20.3 Å². The molecule has 1 saturated heterocycles. The lowest BCUT2D eigenvalue weighted by molar-refractivity contribution is 0.107. The highest BCUT2D eigenvalue weighted by Gasteiger charge is 2.34. The molecule has 17 heavy (non-hydrogen) atoms. The van der Waals surface area contributed by atoms with E-state index in [0.717, 1.165) is 12.6 Å². The first-order valence-corrected chi connectivity index (χ1v) is 7.11. The molecule has 1 heterocycles. The van der Waals surface area contributed by atoms with Crippen molar-refractivity contribution in [2.24, 2.45) is 5.41 Å². The molecule has 2 unspecified atom stereocenters. The molecule has 0 amide bonds. The van der Waals surface area contributed by atoms with Crippen LogP contribution in [-0.4, -0.2) is 62.2 Å². The molecule has 0 aromatic rings. The topological polar surface area (TPSA) is 18.5 Å². The van der Waals surface area contributed by atoms with Crippen LogP contribution in [0.5, 0.6) is 0 Å². The lowest BCUT2D eigenvalue weighted by Gasteiger charge is -2.39. The Bertz CT molecular complexity index is 252. The second kappa shape index (κ2) is 5.25. The zero-order chi connectivity index (χ0) is 12.5. The molecule has 2 fully saturated rings. The molecule has 2 aliphatic rings. The van der Waals surface area contributed by atoms with Gasteiger partial charge in [0.2, 0.25) is 0 Å². The summed E-state index contributed by atoms with van der Waals surface area (Å²) in [5.74, 6) is 0. The molecule has 1 aliphatic heterocycles. The molecule has 1 saturated carbocycles. The lowest BCUT2D eigenvalue weighted by Crippen LogP contribution is -2.55. The molecule has 2 atom stereocenters. The van der Waals surface area contributed by atoms with Crippen LogP contribution in [0.1, 0.15) is 33.1 Å². The van der Waals surface area contributed by atoms with Crippen molar-refractivity contribution in [2.45, 2.75) is 45.2 Å². The van der Waals surface area contributed by atoms with E-state index in [1.165, 1.54) is 38.9 Å². The van der Waals surface area contributed by atoms with Crippen LogP contribution < -0.4 is 5.32 Å². The first-order valence-electron chi connectivity index (χ1n) is 7.11. The Balaban J connectivity index is 1.81. The fraction of sp³-hybridized carbons (Fsp3) is 1.00. The average molecular weight is 239 g/mol. The van der Waals surface area contributed by atoms with Crippen molar-refractivity contribution in [1.82, 2.24) is 15.1 Å². The van der Waals surface area contributed by atoms with Gasteiger partial charge in [0.25, 0.3) is 0 Å². The minimum absolute atomic E-state index is 0.499. The molecule has 100 valence electrons. The monoisotopic (exact) mass is 239 g/mol. The summed E-state index contributed by atoms with van der Waals surface area (Å²) in [5, 5.41) is 3.82. The maximum atomic E-state index is 3.82. The van der Waals surface area contributed by atoms with Crippen LogP contribution in [0.3, 0.4) is 0 Å². The summed E-state index contributed by atoms with van der Waals surface area (Å²) in [7, 11) is 4.50. The maximum absolute atomic E-state index is 3.82. The zero-order valence-electron chi connectivity index (χ0n) is 12.0. The van der Waals surface area contributed by atoms with Crippen molar-refractivity contribution in [1.29, 1.82) is 0 Å². The van der Waals surface area contributed by atoms with Gasteiger partial charge < -0.3 is 10.2 Å². The van der Waals surface area contributed by atoms with Gasteiger partial charge >= 0.3 is 0 Å². The van der Waals surface area contributed by atoms with E-state index in [1.54, 1.807) is 0 Å². The third kappa shape index (κ3) is 3.21. The van der Waals surface area contributed by atoms with Crippen LogP contribution in [0.2, 0.25) is 0 Å². The summed E-state index contributed by atoms with van der Waals surface area (Å²) in [6.45, 7) is 9.59. The standard InChI is InChI=1S/C14H29N3/c1-14(2)7-5-6-13(14)15-10-12-11-16(3)8-9-17(12)4/h12-13,15H,5-11H2,1-4H3.